The average Bonchev–Trinajstić information content (AvgIpc) is 3.11. The lowest BCUT2D eigenvalue weighted by molar-refractivity contribution is 0.201. The van der Waals surface area contributed by atoms with Crippen molar-refractivity contribution in [2.24, 2.45) is 5.73 Å². The number of carbonyl (C=O) groups excluding carboxylic acids is 1. The number of carbonyl (C=O) groups is 1. The smallest absolute Gasteiger partial charge is 0.323 e. The monoisotopic (exact) mass is 395 g/mol. The summed E-state index contributed by atoms with van der Waals surface area (Å²) in [4.78, 5) is 17.3. The van der Waals surface area contributed by atoms with Crippen LogP contribution in [-0.2, 0) is 0 Å². The highest BCUT2D eigenvalue weighted by Crippen LogP contribution is 2.41. The molecule has 0 atom stereocenters. The fourth-order valence-corrected chi connectivity index (χ4v) is 3.60. The number of urea groups is 1. The molecule has 2 amide bonds. The van der Waals surface area contributed by atoms with Gasteiger partial charge in [-0.1, -0.05) is 23.2 Å². The number of benzene rings is 1. The molecule has 1 aliphatic rings. The van der Waals surface area contributed by atoms with Crippen molar-refractivity contribution < 1.29 is 14.3 Å². The maximum atomic E-state index is 12.2. The van der Waals surface area contributed by atoms with Crippen molar-refractivity contribution in [3.05, 3.63) is 40.6 Å². The number of pyridine rings is 1. The Morgan fingerprint density at radius 3 is 2.42 bits per heavy atom. The predicted octanol–water partition coefficient (Wildman–Crippen LogP) is 4.94. The van der Waals surface area contributed by atoms with Crippen LogP contribution in [0.5, 0.6) is 11.5 Å². The van der Waals surface area contributed by atoms with Gasteiger partial charge in [-0.05, 0) is 37.8 Å². The minimum absolute atomic E-state index is 0.134. The Morgan fingerprint density at radius 2 is 1.85 bits per heavy atom. The van der Waals surface area contributed by atoms with E-state index in [2.05, 4.69) is 4.98 Å². The Kier molecular flexibility index (Phi) is 5.74. The van der Waals surface area contributed by atoms with E-state index < -0.39 is 6.03 Å². The first-order chi connectivity index (χ1) is 12.5. The molecule has 1 saturated carbocycles. The van der Waals surface area contributed by atoms with Crippen molar-refractivity contribution in [2.75, 3.05) is 12.0 Å². The molecular weight excluding hydrogens is 377 g/mol. The Hall–Kier alpha value is -2.18. The van der Waals surface area contributed by atoms with Gasteiger partial charge in [0.25, 0.3) is 0 Å². The zero-order valence-corrected chi connectivity index (χ0v) is 15.8. The number of aromatic nitrogens is 1. The SMILES string of the molecule is COc1ccc(N(C(N)=O)c2c(Cl)cncc2Cl)cc1OC1CCCC1. The molecule has 0 spiro atoms. The van der Waals surface area contributed by atoms with Crippen molar-refractivity contribution in [3.63, 3.8) is 0 Å². The highest BCUT2D eigenvalue weighted by atomic mass is 35.5. The Labute approximate surface area is 161 Å². The standard InChI is InChI=1S/C18H19Cl2N3O3/c1-25-15-7-6-11(8-16(15)26-12-4-2-3-5-12)23(18(21)24)17-13(19)9-22-10-14(17)20/h6-10,12H,2-5H2,1H3,(H2,21,24). The molecule has 1 fully saturated rings. The second-order valence-electron chi connectivity index (χ2n) is 5.98. The molecule has 0 aliphatic heterocycles. The minimum Gasteiger partial charge on any atom is -0.493 e. The number of nitrogens with zero attached hydrogens (tertiary/aromatic N) is 2. The third-order valence-electron chi connectivity index (χ3n) is 4.27. The summed E-state index contributed by atoms with van der Waals surface area (Å²) in [5.41, 5.74) is 6.34. The molecule has 1 heterocycles. The maximum absolute atomic E-state index is 12.2. The Bertz CT molecular complexity index is 790. The van der Waals surface area contributed by atoms with Crippen LogP contribution in [0.4, 0.5) is 16.2 Å². The molecule has 26 heavy (non-hydrogen) atoms. The summed E-state index contributed by atoms with van der Waals surface area (Å²) < 4.78 is 11.5. The predicted molar refractivity (Wildman–Crippen MR) is 102 cm³/mol. The minimum atomic E-state index is -0.725. The summed E-state index contributed by atoms with van der Waals surface area (Å²) in [6.45, 7) is 0. The molecule has 0 bridgehead atoms. The molecule has 138 valence electrons. The molecule has 8 heteroatoms. The van der Waals surface area contributed by atoms with Crippen LogP contribution in [0.15, 0.2) is 30.6 Å². The van der Waals surface area contributed by atoms with Crippen LogP contribution < -0.4 is 20.1 Å². The Balaban J connectivity index is 2.03. The van der Waals surface area contributed by atoms with Gasteiger partial charge in [0.05, 0.1) is 34.6 Å². The first-order valence-corrected chi connectivity index (χ1v) is 9.00. The van der Waals surface area contributed by atoms with E-state index in [0.717, 1.165) is 25.7 Å². The molecular formula is C18H19Cl2N3O3. The van der Waals surface area contributed by atoms with Crippen LogP contribution in [0, 0.1) is 0 Å². The highest BCUT2D eigenvalue weighted by Gasteiger charge is 2.24. The maximum Gasteiger partial charge on any atom is 0.323 e. The van der Waals surface area contributed by atoms with Gasteiger partial charge < -0.3 is 15.2 Å². The molecule has 2 N–H and O–H groups in total. The number of nitrogens with two attached hydrogens (primary N) is 1. The lowest BCUT2D eigenvalue weighted by Crippen LogP contribution is -2.32. The van der Waals surface area contributed by atoms with E-state index in [1.165, 1.54) is 17.3 Å². The second kappa shape index (κ2) is 8.01. The number of ether oxygens (including phenoxy) is 2. The first-order valence-electron chi connectivity index (χ1n) is 8.24. The van der Waals surface area contributed by atoms with Gasteiger partial charge in [-0.15, -0.1) is 0 Å². The zero-order chi connectivity index (χ0) is 18.7. The molecule has 3 rings (SSSR count). The molecule has 1 aromatic carbocycles. The van der Waals surface area contributed by atoms with Gasteiger partial charge in [0.15, 0.2) is 11.5 Å². The molecule has 0 radical (unpaired) electrons. The summed E-state index contributed by atoms with van der Waals surface area (Å²) in [5.74, 6) is 1.13. The van der Waals surface area contributed by atoms with E-state index in [4.69, 9.17) is 38.4 Å². The lowest BCUT2D eigenvalue weighted by atomic mass is 10.2. The summed E-state index contributed by atoms with van der Waals surface area (Å²) in [6.07, 6.45) is 7.21. The van der Waals surface area contributed by atoms with E-state index >= 15 is 0 Å². The van der Waals surface area contributed by atoms with Crippen LogP contribution in [0.3, 0.4) is 0 Å². The summed E-state index contributed by atoms with van der Waals surface area (Å²) in [5, 5.41) is 0.427. The van der Waals surface area contributed by atoms with Crippen molar-refractivity contribution in [3.8, 4) is 11.5 Å². The number of halogens is 2. The molecule has 1 aromatic heterocycles. The Morgan fingerprint density at radius 1 is 1.19 bits per heavy atom. The van der Waals surface area contributed by atoms with Crippen LogP contribution in [-0.4, -0.2) is 24.2 Å². The molecule has 1 aliphatic carbocycles. The third-order valence-corrected chi connectivity index (χ3v) is 4.83. The van der Waals surface area contributed by atoms with E-state index in [1.54, 1.807) is 25.3 Å². The van der Waals surface area contributed by atoms with Gasteiger partial charge >= 0.3 is 6.03 Å². The quantitative estimate of drug-likeness (QED) is 0.777. The summed E-state index contributed by atoms with van der Waals surface area (Å²) >= 11 is 12.4. The average molecular weight is 396 g/mol. The van der Waals surface area contributed by atoms with Gasteiger partial charge in [0.2, 0.25) is 0 Å². The van der Waals surface area contributed by atoms with E-state index in [0.29, 0.717) is 17.2 Å². The number of anilines is 2. The van der Waals surface area contributed by atoms with Gasteiger partial charge in [-0.3, -0.25) is 9.88 Å². The van der Waals surface area contributed by atoms with E-state index in [-0.39, 0.29) is 21.8 Å². The van der Waals surface area contributed by atoms with Crippen LogP contribution in [0.2, 0.25) is 10.0 Å². The highest BCUT2D eigenvalue weighted by molar-refractivity contribution is 6.40. The third kappa shape index (κ3) is 3.81. The topological polar surface area (TPSA) is 77.7 Å². The van der Waals surface area contributed by atoms with Crippen molar-refractivity contribution in [1.29, 1.82) is 0 Å². The number of hydrogen-bond donors (Lipinski definition) is 1. The molecule has 0 unspecified atom stereocenters. The summed E-state index contributed by atoms with van der Waals surface area (Å²) in [7, 11) is 1.57. The van der Waals surface area contributed by atoms with Gasteiger partial charge in [0.1, 0.15) is 0 Å². The largest absolute Gasteiger partial charge is 0.493 e. The van der Waals surface area contributed by atoms with E-state index in [9.17, 15) is 4.79 Å². The molecule has 2 aromatic rings. The van der Waals surface area contributed by atoms with Gasteiger partial charge in [-0.25, -0.2) is 4.79 Å². The number of hydrogen-bond acceptors (Lipinski definition) is 4. The van der Waals surface area contributed by atoms with Crippen LogP contribution in [0.1, 0.15) is 25.7 Å². The normalized spacial score (nSPS) is 14.3. The number of amides is 2. The van der Waals surface area contributed by atoms with Gasteiger partial charge in [0, 0.05) is 18.5 Å². The van der Waals surface area contributed by atoms with Crippen molar-refractivity contribution >= 4 is 40.6 Å². The fraction of sp³-hybridized carbons (Fsp3) is 0.333. The van der Waals surface area contributed by atoms with Crippen molar-refractivity contribution in [2.45, 2.75) is 31.8 Å². The van der Waals surface area contributed by atoms with Gasteiger partial charge in [-0.2, -0.15) is 0 Å². The summed E-state index contributed by atoms with van der Waals surface area (Å²) in [6, 6.07) is 4.39. The first kappa shape index (κ1) is 18.6. The second-order valence-corrected chi connectivity index (χ2v) is 6.80. The number of primary amides is 1. The lowest BCUT2D eigenvalue weighted by Gasteiger charge is -2.24. The van der Waals surface area contributed by atoms with E-state index in [1.807, 2.05) is 0 Å². The fourth-order valence-electron chi connectivity index (χ4n) is 3.07. The molecule has 0 saturated heterocycles. The number of rotatable bonds is 5. The number of methoxy groups -OCH3 is 1. The van der Waals surface area contributed by atoms with Crippen LogP contribution in [0.25, 0.3) is 0 Å². The molecule has 6 nitrogen and oxygen atoms in total. The van der Waals surface area contributed by atoms with Crippen molar-refractivity contribution in [1.82, 2.24) is 4.98 Å². The zero-order valence-electron chi connectivity index (χ0n) is 14.2. The van der Waals surface area contributed by atoms with Crippen LogP contribution >= 0.6 is 23.2 Å².